The SMILES string of the molecule is Cc1sc(CNC(C)C)cc1S(=O)(=O)NCc1cnc[nH]1. The number of thiophene rings is 1. The Labute approximate surface area is 129 Å². The maximum absolute atomic E-state index is 12.3. The smallest absolute Gasteiger partial charge is 0.242 e. The van der Waals surface area contributed by atoms with E-state index in [4.69, 9.17) is 0 Å². The van der Waals surface area contributed by atoms with Crippen molar-refractivity contribution < 1.29 is 8.42 Å². The molecule has 2 rings (SSSR count). The molecule has 8 heteroatoms. The van der Waals surface area contributed by atoms with Crippen LogP contribution in [0.5, 0.6) is 0 Å². The van der Waals surface area contributed by atoms with Crippen LogP contribution in [-0.2, 0) is 23.1 Å². The van der Waals surface area contributed by atoms with E-state index in [0.29, 0.717) is 17.5 Å². The zero-order valence-corrected chi connectivity index (χ0v) is 13.9. The van der Waals surface area contributed by atoms with Gasteiger partial charge in [-0.25, -0.2) is 18.1 Å². The Hall–Kier alpha value is -1.22. The maximum Gasteiger partial charge on any atom is 0.242 e. The van der Waals surface area contributed by atoms with Gasteiger partial charge in [-0.3, -0.25) is 0 Å². The molecular formula is C13H20N4O2S2. The summed E-state index contributed by atoms with van der Waals surface area (Å²) in [6, 6.07) is 2.11. The first kappa shape index (κ1) is 16.2. The van der Waals surface area contributed by atoms with Crippen LogP contribution in [-0.4, -0.2) is 24.4 Å². The van der Waals surface area contributed by atoms with Crippen LogP contribution in [0.3, 0.4) is 0 Å². The zero-order valence-electron chi connectivity index (χ0n) is 12.3. The third-order valence-electron chi connectivity index (χ3n) is 2.90. The Morgan fingerprint density at radius 3 is 2.76 bits per heavy atom. The highest BCUT2D eigenvalue weighted by Crippen LogP contribution is 2.25. The molecule has 0 aromatic carbocycles. The Morgan fingerprint density at radius 2 is 2.14 bits per heavy atom. The van der Waals surface area contributed by atoms with E-state index in [-0.39, 0.29) is 6.54 Å². The molecule has 0 aliphatic rings. The predicted molar refractivity (Wildman–Crippen MR) is 83.6 cm³/mol. The number of hydrogen-bond acceptors (Lipinski definition) is 5. The Bertz CT molecular complexity index is 675. The number of sulfonamides is 1. The van der Waals surface area contributed by atoms with E-state index in [9.17, 15) is 8.42 Å². The highest BCUT2D eigenvalue weighted by molar-refractivity contribution is 7.89. The molecule has 0 amide bonds. The molecule has 21 heavy (non-hydrogen) atoms. The predicted octanol–water partition coefficient (Wildman–Crippen LogP) is 1.76. The summed E-state index contributed by atoms with van der Waals surface area (Å²) in [7, 11) is -3.50. The number of hydrogen-bond donors (Lipinski definition) is 3. The van der Waals surface area contributed by atoms with E-state index >= 15 is 0 Å². The third-order valence-corrected chi connectivity index (χ3v) is 5.61. The normalized spacial score (nSPS) is 12.2. The minimum Gasteiger partial charge on any atom is -0.347 e. The average molecular weight is 328 g/mol. The van der Waals surface area contributed by atoms with Gasteiger partial charge in [0.05, 0.1) is 17.8 Å². The number of H-pyrrole nitrogens is 1. The van der Waals surface area contributed by atoms with E-state index < -0.39 is 10.0 Å². The van der Waals surface area contributed by atoms with Gasteiger partial charge in [-0.15, -0.1) is 11.3 Å². The standard InChI is InChI=1S/C13H20N4O2S2/c1-9(2)15-7-12-4-13(10(3)20-12)21(18,19)17-6-11-5-14-8-16-11/h4-5,8-9,15,17H,6-7H2,1-3H3,(H,14,16). The van der Waals surface area contributed by atoms with Gasteiger partial charge in [0.15, 0.2) is 0 Å². The van der Waals surface area contributed by atoms with Gasteiger partial charge in [0, 0.05) is 34.2 Å². The van der Waals surface area contributed by atoms with Crippen molar-refractivity contribution in [3.8, 4) is 0 Å². The van der Waals surface area contributed by atoms with Crippen molar-refractivity contribution in [3.63, 3.8) is 0 Å². The summed E-state index contributed by atoms with van der Waals surface area (Å²) in [6.07, 6.45) is 3.12. The lowest BCUT2D eigenvalue weighted by atomic mass is 10.3. The van der Waals surface area contributed by atoms with Crippen LogP contribution in [0.4, 0.5) is 0 Å². The number of imidazole rings is 1. The van der Waals surface area contributed by atoms with Crippen molar-refractivity contribution in [2.24, 2.45) is 0 Å². The summed E-state index contributed by atoms with van der Waals surface area (Å²) in [5.41, 5.74) is 0.730. The Balaban J connectivity index is 2.08. The summed E-state index contributed by atoms with van der Waals surface area (Å²) in [5, 5.41) is 3.29. The van der Waals surface area contributed by atoms with E-state index in [0.717, 1.165) is 15.4 Å². The average Bonchev–Trinajstić information content (AvgIpc) is 3.03. The maximum atomic E-state index is 12.3. The first-order chi connectivity index (χ1) is 9.88. The molecule has 3 N–H and O–H groups in total. The summed E-state index contributed by atoms with van der Waals surface area (Å²) in [5.74, 6) is 0. The first-order valence-corrected chi connectivity index (χ1v) is 8.98. The summed E-state index contributed by atoms with van der Waals surface area (Å²) in [4.78, 5) is 8.90. The Morgan fingerprint density at radius 1 is 1.38 bits per heavy atom. The molecule has 0 saturated heterocycles. The highest BCUT2D eigenvalue weighted by Gasteiger charge is 2.19. The van der Waals surface area contributed by atoms with Gasteiger partial charge in [-0.2, -0.15) is 0 Å². The number of rotatable bonds is 7. The van der Waals surface area contributed by atoms with Crippen molar-refractivity contribution in [2.75, 3.05) is 0 Å². The summed E-state index contributed by atoms with van der Waals surface area (Å²) < 4.78 is 27.3. The van der Waals surface area contributed by atoms with Crippen LogP contribution in [0.15, 0.2) is 23.5 Å². The van der Waals surface area contributed by atoms with Gasteiger partial charge < -0.3 is 10.3 Å². The monoisotopic (exact) mass is 328 g/mol. The molecule has 0 spiro atoms. The number of nitrogens with zero attached hydrogens (tertiary/aromatic N) is 1. The fourth-order valence-electron chi connectivity index (χ4n) is 1.81. The second-order valence-electron chi connectivity index (χ2n) is 5.07. The zero-order chi connectivity index (χ0) is 15.5. The molecule has 116 valence electrons. The van der Waals surface area contributed by atoms with Gasteiger partial charge in [-0.1, -0.05) is 13.8 Å². The molecule has 0 bridgehead atoms. The number of aromatic nitrogens is 2. The fourth-order valence-corrected chi connectivity index (χ4v) is 4.41. The van der Waals surface area contributed by atoms with Crippen LogP contribution >= 0.6 is 11.3 Å². The quantitative estimate of drug-likeness (QED) is 0.723. The number of aromatic amines is 1. The van der Waals surface area contributed by atoms with E-state index in [1.807, 2.05) is 6.92 Å². The molecule has 0 aliphatic heterocycles. The summed E-state index contributed by atoms with van der Waals surface area (Å²) in [6.45, 7) is 6.83. The van der Waals surface area contributed by atoms with Gasteiger partial charge in [-0.05, 0) is 13.0 Å². The minimum absolute atomic E-state index is 0.206. The molecule has 0 aliphatic carbocycles. The molecule has 0 unspecified atom stereocenters. The highest BCUT2D eigenvalue weighted by atomic mass is 32.2. The second kappa shape index (κ2) is 6.69. The fraction of sp³-hybridized carbons (Fsp3) is 0.462. The van der Waals surface area contributed by atoms with Crippen molar-refractivity contribution in [1.29, 1.82) is 0 Å². The lowest BCUT2D eigenvalue weighted by Gasteiger charge is -2.05. The van der Waals surface area contributed by atoms with E-state index in [1.54, 1.807) is 12.3 Å². The largest absolute Gasteiger partial charge is 0.347 e. The van der Waals surface area contributed by atoms with Crippen molar-refractivity contribution in [3.05, 3.63) is 34.0 Å². The van der Waals surface area contributed by atoms with Crippen molar-refractivity contribution in [2.45, 2.75) is 44.8 Å². The lowest BCUT2D eigenvalue weighted by molar-refractivity contribution is 0.579. The molecule has 6 nitrogen and oxygen atoms in total. The minimum atomic E-state index is -3.50. The van der Waals surface area contributed by atoms with Crippen LogP contribution in [0.1, 0.15) is 29.3 Å². The van der Waals surface area contributed by atoms with Crippen LogP contribution in [0.2, 0.25) is 0 Å². The van der Waals surface area contributed by atoms with Gasteiger partial charge in [0.1, 0.15) is 0 Å². The molecule has 2 heterocycles. The molecule has 0 saturated carbocycles. The van der Waals surface area contributed by atoms with Gasteiger partial charge >= 0.3 is 0 Å². The molecule has 0 radical (unpaired) electrons. The topological polar surface area (TPSA) is 86.9 Å². The van der Waals surface area contributed by atoms with Gasteiger partial charge in [0.25, 0.3) is 0 Å². The number of aryl methyl sites for hydroxylation is 1. The second-order valence-corrected chi connectivity index (χ2v) is 8.15. The van der Waals surface area contributed by atoms with Crippen LogP contribution < -0.4 is 10.0 Å². The molecule has 0 atom stereocenters. The van der Waals surface area contributed by atoms with E-state index in [1.165, 1.54) is 17.7 Å². The number of nitrogens with one attached hydrogen (secondary N) is 3. The molecule has 2 aromatic heterocycles. The van der Waals surface area contributed by atoms with Crippen LogP contribution in [0.25, 0.3) is 0 Å². The summed E-state index contributed by atoms with van der Waals surface area (Å²) >= 11 is 1.50. The van der Waals surface area contributed by atoms with Crippen molar-refractivity contribution >= 4 is 21.4 Å². The first-order valence-electron chi connectivity index (χ1n) is 6.68. The van der Waals surface area contributed by atoms with Crippen molar-refractivity contribution in [1.82, 2.24) is 20.0 Å². The third kappa shape index (κ3) is 4.37. The van der Waals surface area contributed by atoms with Crippen LogP contribution in [0, 0.1) is 6.92 Å². The molecular weight excluding hydrogens is 308 g/mol. The molecule has 0 fully saturated rings. The Kier molecular flexibility index (Phi) is 5.15. The lowest BCUT2D eigenvalue weighted by Crippen LogP contribution is -2.23. The van der Waals surface area contributed by atoms with E-state index in [2.05, 4.69) is 33.9 Å². The molecule has 2 aromatic rings. The van der Waals surface area contributed by atoms with Gasteiger partial charge in [0.2, 0.25) is 10.0 Å².